The lowest BCUT2D eigenvalue weighted by Crippen LogP contribution is -2.57. The summed E-state index contributed by atoms with van der Waals surface area (Å²) in [5.41, 5.74) is 1.47. The lowest BCUT2D eigenvalue weighted by molar-refractivity contribution is -0.157. The van der Waals surface area contributed by atoms with Crippen LogP contribution in [0.3, 0.4) is 0 Å². The third-order valence-corrected chi connectivity index (χ3v) is 7.67. The van der Waals surface area contributed by atoms with Crippen molar-refractivity contribution in [2.45, 2.75) is 65.0 Å². The van der Waals surface area contributed by atoms with Gasteiger partial charge in [0.25, 0.3) is 0 Å². The molecule has 1 heterocycles. The van der Waals surface area contributed by atoms with Crippen molar-refractivity contribution in [3.05, 3.63) is 82.4 Å². The summed E-state index contributed by atoms with van der Waals surface area (Å²) < 4.78 is 0. The number of carbonyl (C=O) groups excluding carboxylic acids is 2. The molecule has 0 aromatic heterocycles. The second-order valence-corrected chi connectivity index (χ2v) is 10.4. The van der Waals surface area contributed by atoms with Crippen molar-refractivity contribution in [1.82, 2.24) is 4.90 Å². The molecule has 0 N–H and O–H groups in total. The lowest BCUT2D eigenvalue weighted by atomic mass is 9.66. The quantitative estimate of drug-likeness (QED) is 0.360. The summed E-state index contributed by atoms with van der Waals surface area (Å²) in [5.74, 6) is -0.124. The molecule has 0 spiro atoms. The Hall–Kier alpha value is -2.10. The average molecular weight is 486 g/mol. The van der Waals surface area contributed by atoms with E-state index in [9.17, 15) is 9.59 Å². The van der Waals surface area contributed by atoms with Gasteiger partial charge in [0.1, 0.15) is 5.78 Å². The summed E-state index contributed by atoms with van der Waals surface area (Å²) >= 11 is 12.6. The fourth-order valence-electron chi connectivity index (χ4n) is 5.31. The average Bonchev–Trinajstić information content (AvgIpc) is 2.77. The van der Waals surface area contributed by atoms with Gasteiger partial charge in [0.2, 0.25) is 5.91 Å². The first-order valence-corrected chi connectivity index (χ1v) is 12.3. The van der Waals surface area contributed by atoms with Crippen molar-refractivity contribution in [3.8, 4) is 0 Å². The van der Waals surface area contributed by atoms with Crippen molar-refractivity contribution < 1.29 is 9.59 Å². The number of carbonyl (C=O) groups is 2. The van der Waals surface area contributed by atoms with Crippen LogP contribution in [0.4, 0.5) is 0 Å². The predicted octanol–water partition coefficient (Wildman–Crippen LogP) is 7.64. The number of halogens is 2. The first-order chi connectivity index (χ1) is 15.6. The highest BCUT2D eigenvalue weighted by molar-refractivity contribution is 6.30. The van der Waals surface area contributed by atoms with E-state index in [2.05, 4.69) is 12.6 Å². The van der Waals surface area contributed by atoms with Crippen LogP contribution in [-0.4, -0.2) is 22.6 Å². The van der Waals surface area contributed by atoms with E-state index in [4.69, 9.17) is 23.2 Å². The summed E-state index contributed by atoms with van der Waals surface area (Å²) in [6.45, 7) is 11.5. The van der Waals surface area contributed by atoms with Crippen LogP contribution in [0.25, 0.3) is 0 Å². The standard InChI is InChI=1S/C28H33Cl2NO2/c1-6-15-28(5)17-24(21-9-8-10-23(30)16-21)26(20-11-13-22(29)14-12-20)31(27(28)33)25(7-2)18(3)19(4)32/h6,8-14,16,18,24-26H,1,7,15,17H2,2-5H3/t18-,24-,25+,26-,28+/m1/s1. The van der Waals surface area contributed by atoms with Gasteiger partial charge in [-0.1, -0.05) is 74.3 Å². The Morgan fingerprint density at radius 1 is 1.18 bits per heavy atom. The zero-order valence-corrected chi connectivity index (χ0v) is 21.4. The van der Waals surface area contributed by atoms with Gasteiger partial charge in [-0.3, -0.25) is 9.59 Å². The zero-order chi connectivity index (χ0) is 24.3. The Balaban J connectivity index is 2.27. The van der Waals surface area contributed by atoms with Gasteiger partial charge in [-0.25, -0.2) is 0 Å². The molecule has 5 atom stereocenters. The molecule has 176 valence electrons. The van der Waals surface area contributed by atoms with E-state index in [-0.39, 0.29) is 35.6 Å². The third-order valence-electron chi connectivity index (χ3n) is 7.18. The topological polar surface area (TPSA) is 37.4 Å². The zero-order valence-electron chi connectivity index (χ0n) is 19.9. The van der Waals surface area contributed by atoms with Crippen LogP contribution in [0.5, 0.6) is 0 Å². The highest BCUT2D eigenvalue weighted by Gasteiger charge is 2.51. The number of Topliss-reactive ketones (excluding diaryl/α,β-unsaturated/α-hetero) is 1. The molecule has 0 bridgehead atoms. The molecule has 0 unspecified atom stereocenters. The summed E-state index contributed by atoms with van der Waals surface area (Å²) in [4.78, 5) is 28.6. The summed E-state index contributed by atoms with van der Waals surface area (Å²) in [6, 6.07) is 15.1. The summed E-state index contributed by atoms with van der Waals surface area (Å²) in [6.07, 6.45) is 3.73. The molecule has 0 aliphatic carbocycles. The maximum atomic E-state index is 14.2. The molecule has 1 saturated heterocycles. The molecule has 1 aliphatic rings. The minimum atomic E-state index is -0.623. The van der Waals surface area contributed by atoms with E-state index < -0.39 is 5.41 Å². The highest BCUT2D eigenvalue weighted by atomic mass is 35.5. The second kappa shape index (κ2) is 10.4. The molecule has 1 aliphatic heterocycles. The Bertz CT molecular complexity index is 1020. The van der Waals surface area contributed by atoms with Gasteiger partial charge < -0.3 is 4.90 Å². The van der Waals surface area contributed by atoms with Gasteiger partial charge in [0, 0.05) is 27.9 Å². The monoisotopic (exact) mass is 485 g/mol. The molecular weight excluding hydrogens is 453 g/mol. The minimum Gasteiger partial charge on any atom is -0.331 e. The maximum Gasteiger partial charge on any atom is 0.229 e. The largest absolute Gasteiger partial charge is 0.331 e. The fraction of sp³-hybridized carbons (Fsp3) is 0.429. The number of hydrogen-bond acceptors (Lipinski definition) is 2. The number of amides is 1. The first-order valence-electron chi connectivity index (χ1n) is 11.6. The van der Waals surface area contributed by atoms with E-state index in [0.717, 1.165) is 11.1 Å². The van der Waals surface area contributed by atoms with E-state index >= 15 is 0 Å². The fourth-order valence-corrected chi connectivity index (χ4v) is 5.64. The third kappa shape index (κ3) is 5.20. The van der Waals surface area contributed by atoms with E-state index in [0.29, 0.717) is 29.3 Å². The van der Waals surface area contributed by atoms with Crippen LogP contribution in [0.2, 0.25) is 10.0 Å². The Morgan fingerprint density at radius 3 is 2.39 bits per heavy atom. The van der Waals surface area contributed by atoms with Crippen LogP contribution in [0.15, 0.2) is 61.2 Å². The van der Waals surface area contributed by atoms with Gasteiger partial charge in [0.05, 0.1) is 11.5 Å². The minimum absolute atomic E-state index is 0.000679. The number of ketones is 1. The second-order valence-electron chi connectivity index (χ2n) is 9.50. The maximum absolute atomic E-state index is 14.2. The number of nitrogens with zero attached hydrogens (tertiary/aromatic N) is 1. The van der Waals surface area contributed by atoms with Gasteiger partial charge in [-0.2, -0.15) is 0 Å². The van der Waals surface area contributed by atoms with Crippen LogP contribution in [0, 0.1) is 11.3 Å². The molecule has 5 heteroatoms. The van der Waals surface area contributed by atoms with Crippen LogP contribution < -0.4 is 0 Å². The number of rotatable bonds is 8. The molecule has 3 nitrogen and oxygen atoms in total. The van der Waals surface area contributed by atoms with Crippen LogP contribution in [-0.2, 0) is 9.59 Å². The van der Waals surface area contributed by atoms with Gasteiger partial charge in [-0.15, -0.1) is 6.58 Å². The molecule has 0 saturated carbocycles. The predicted molar refractivity (Wildman–Crippen MR) is 137 cm³/mol. The number of benzene rings is 2. The molecule has 0 radical (unpaired) electrons. The van der Waals surface area contributed by atoms with E-state index in [1.165, 1.54) is 0 Å². The van der Waals surface area contributed by atoms with Gasteiger partial charge in [0.15, 0.2) is 0 Å². The van der Waals surface area contributed by atoms with Crippen molar-refractivity contribution in [2.24, 2.45) is 11.3 Å². The lowest BCUT2D eigenvalue weighted by Gasteiger charge is -2.53. The van der Waals surface area contributed by atoms with Crippen molar-refractivity contribution >= 4 is 34.9 Å². The highest BCUT2D eigenvalue weighted by Crippen LogP contribution is 2.52. The molecule has 1 amide bonds. The van der Waals surface area contributed by atoms with Crippen molar-refractivity contribution in [3.63, 3.8) is 0 Å². The molecule has 1 fully saturated rings. The molecule has 3 rings (SSSR count). The van der Waals surface area contributed by atoms with Gasteiger partial charge in [-0.05, 0) is 61.6 Å². The molecule has 33 heavy (non-hydrogen) atoms. The Morgan fingerprint density at radius 2 is 1.85 bits per heavy atom. The van der Waals surface area contributed by atoms with E-state index in [1.807, 2.05) is 74.2 Å². The number of piperidine rings is 1. The van der Waals surface area contributed by atoms with Crippen LogP contribution >= 0.6 is 23.2 Å². The Kier molecular flexibility index (Phi) is 8.08. The normalized spacial score (nSPS) is 24.9. The SMILES string of the molecule is C=CC[C@@]1(C)C[C@H](c2cccc(Cl)c2)[C@@H](c2ccc(Cl)cc2)N([C@@H](CC)[C@H](C)C(C)=O)C1=O. The summed E-state index contributed by atoms with van der Waals surface area (Å²) in [5, 5.41) is 1.31. The number of likely N-dealkylation sites (tertiary alicyclic amines) is 1. The Labute approximate surface area is 207 Å². The summed E-state index contributed by atoms with van der Waals surface area (Å²) in [7, 11) is 0. The number of hydrogen-bond donors (Lipinski definition) is 0. The smallest absolute Gasteiger partial charge is 0.229 e. The van der Waals surface area contributed by atoms with Gasteiger partial charge >= 0.3 is 0 Å². The molecule has 2 aromatic carbocycles. The number of allylic oxidation sites excluding steroid dienone is 1. The van der Waals surface area contributed by atoms with Crippen molar-refractivity contribution in [2.75, 3.05) is 0 Å². The first kappa shape index (κ1) is 25.5. The van der Waals surface area contributed by atoms with Crippen molar-refractivity contribution in [1.29, 1.82) is 0 Å². The van der Waals surface area contributed by atoms with Crippen LogP contribution in [0.1, 0.15) is 70.0 Å². The molecular formula is C28H33Cl2NO2. The molecule has 2 aromatic rings. The van der Waals surface area contributed by atoms with E-state index in [1.54, 1.807) is 6.92 Å².